The lowest BCUT2D eigenvalue weighted by Crippen LogP contribution is -2.78. The summed E-state index contributed by atoms with van der Waals surface area (Å²) >= 11 is 0. The van der Waals surface area contributed by atoms with Crippen molar-refractivity contribution in [3.63, 3.8) is 0 Å². The van der Waals surface area contributed by atoms with E-state index in [0.717, 1.165) is 11.3 Å². The molecule has 3 N–H and O–H groups in total. The lowest BCUT2D eigenvalue weighted by molar-refractivity contribution is 0.756. The summed E-state index contributed by atoms with van der Waals surface area (Å²) in [5.41, 5.74) is 11.5. The van der Waals surface area contributed by atoms with E-state index in [4.69, 9.17) is 5.73 Å². The van der Waals surface area contributed by atoms with E-state index in [-0.39, 0.29) is 5.67 Å². The van der Waals surface area contributed by atoms with Crippen molar-refractivity contribution in [3.05, 3.63) is 176 Å². The first-order valence-corrected chi connectivity index (χ1v) is 17.3. The molecule has 0 fully saturated rings. The Morgan fingerprint density at radius 1 is 0.568 bits per heavy atom. The van der Waals surface area contributed by atoms with E-state index in [1.807, 2.05) is 6.07 Å². The van der Waals surface area contributed by atoms with Gasteiger partial charge in [0.25, 0.3) is 0 Å². The molecule has 1 aromatic heterocycles. The second-order valence-electron chi connectivity index (χ2n) is 11.2. The monoisotopic (exact) mass is 585 g/mol. The number of fused-ring (bicyclic) bond motifs is 3. The molecule has 0 bridgehead atoms. The maximum absolute atomic E-state index is 6.77. The number of rotatable bonds is 9. The fraction of sp³-hybridized carbons (Fsp3) is 0.0500. The number of nitrogens with two attached hydrogens (primary N) is 1. The molecule has 44 heavy (non-hydrogen) atoms. The van der Waals surface area contributed by atoms with Crippen LogP contribution < -0.4 is 26.6 Å². The van der Waals surface area contributed by atoms with Gasteiger partial charge in [0.1, 0.15) is 0 Å². The minimum absolute atomic E-state index is 0.00724. The van der Waals surface area contributed by atoms with Crippen LogP contribution in [-0.4, -0.2) is 24.9 Å². The normalized spacial score (nSPS) is 12.6. The first kappa shape index (κ1) is 27.7. The molecule has 7 aromatic rings. The topological polar surface area (TPSA) is 43.0 Å². The van der Waals surface area contributed by atoms with Gasteiger partial charge >= 0.3 is 0 Å². The van der Waals surface area contributed by atoms with Gasteiger partial charge in [0.2, 0.25) is 0 Å². The first-order valence-electron chi connectivity index (χ1n) is 15.2. The molecule has 0 aliphatic rings. The Labute approximate surface area is 259 Å². The molecule has 0 aliphatic heterocycles. The van der Waals surface area contributed by atoms with Gasteiger partial charge < -0.3 is 15.6 Å². The summed E-state index contributed by atoms with van der Waals surface area (Å²) in [5, 5.41) is 10.3. The summed E-state index contributed by atoms with van der Waals surface area (Å²) in [6.45, 7) is 0.485. The van der Waals surface area contributed by atoms with Gasteiger partial charge in [-0.1, -0.05) is 140 Å². The fourth-order valence-corrected chi connectivity index (χ4v) is 11.8. The van der Waals surface area contributed by atoms with Crippen LogP contribution in [0, 0.1) is 0 Å². The molecular weight excluding hydrogens is 551 g/mol. The second-order valence-corrected chi connectivity index (χ2v) is 15.2. The highest BCUT2D eigenvalue weighted by molar-refractivity contribution is 7.12. The molecule has 0 aliphatic carbocycles. The Bertz CT molecular complexity index is 1980. The zero-order valence-electron chi connectivity index (χ0n) is 24.6. The fourth-order valence-electron chi connectivity index (χ4n) is 6.77. The van der Waals surface area contributed by atoms with Crippen molar-refractivity contribution in [2.45, 2.75) is 5.67 Å². The molecule has 3 nitrogen and oxygen atoms in total. The molecule has 7 rings (SSSR count). The number of hydrogen-bond acceptors (Lipinski definition) is 2. The highest BCUT2D eigenvalue weighted by Crippen LogP contribution is 2.32. The molecule has 0 saturated carbocycles. The van der Waals surface area contributed by atoms with Crippen LogP contribution in [0.2, 0.25) is 0 Å². The van der Waals surface area contributed by atoms with Crippen LogP contribution in [0.1, 0.15) is 5.56 Å². The van der Waals surface area contributed by atoms with Crippen molar-refractivity contribution in [2.24, 2.45) is 5.73 Å². The number of nitrogens with one attached hydrogen (secondary N) is 1. The molecule has 4 heteroatoms. The third-order valence-corrected chi connectivity index (χ3v) is 13.9. The van der Waals surface area contributed by atoms with Crippen LogP contribution in [0.5, 0.6) is 0 Å². The number of nitrogens with zero attached hydrogens (tertiary/aromatic N) is 1. The van der Waals surface area contributed by atoms with Crippen LogP contribution in [0.15, 0.2) is 170 Å². The van der Waals surface area contributed by atoms with Gasteiger partial charge in [-0.2, -0.15) is 0 Å². The highest BCUT2D eigenvalue weighted by atomic mass is 28.3. The Hall–Kier alpha value is -5.16. The van der Waals surface area contributed by atoms with Crippen LogP contribution in [0.4, 0.5) is 0 Å². The van der Waals surface area contributed by atoms with Crippen molar-refractivity contribution in [1.29, 1.82) is 0 Å². The number of para-hydroxylation sites is 2. The van der Waals surface area contributed by atoms with Crippen LogP contribution in [0.25, 0.3) is 33.6 Å². The smallest absolute Gasteiger partial charge is 0.172 e. The average molecular weight is 586 g/mol. The lowest BCUT2D eigenvalue weighted by atomic mass is 10.1. The van der Waals surface area contributed by atoms with Crippen molar-refractivity contribution >= 4 is 51.5 Å². The van der Waals surface area contributed by atoms with E-state index in [0.29, 0.717) is 6.54 Å². The van der Waals surface area contributed by atoms with E-state index in [2.05, 4.69) is 180 Å². The molecule has 214 valence electrons. The van der Waals surface area contributed by atoms with Gasteiger partial charge in [-0.15, -0.1) is 0 Å². The quantitative estimate of drug-likeness (QED) is 0.153. The summed E-state index contributed by atoms with van der Waals surface area (Å²) in [7, 11) is -2.76. The van der Waals surface area contributed by atoms with Gasteiger partial charge in [-0.25, -0.2) is 0 Å². The van der Waals surface area contributed by atoms with Gasteiger partial charge in [0, 0.05) is 28.7 Å². The SMILES string of the molecule is NCC(N/C=C/c1ccccc1)[Si](c1ccccc1)(c1ccccc1)c1ccc2c(c1)c1ccccc1n2-c1ccccc1. The molecule has 0 amide bonds. The standard InChI is InChI=1S/C40H35N3Si/c41-30-40(42-28-27-31-15-5-1-6-16-31)44(33-19-9-3-10-20-33,34-21-11-4-12-22-34)35-25-26-39-37(29-35)36-23-13-14-24-38(36)43(39)32-17-7-2-8-18-32/h1-29,40,42H,30,41H2/b28-27+. The molecule has 1 atom stereocenters. The average Bonchev–Trinajstić information content (AvgIpc) is 3.43. The Morgan fingerprint density at radius 3 is 1.75 bits per heavy atom. The van der Waals surface area contributed by atoms with Gasteiger partial charge in [-0.05, 0) is 57.7 Å². The van der Waals surface area contributed by atoms with Crippen molar-refractivity contribution in [1.82, 2.24) is 9.88 Å². The summed E-state index contributed by atoms with van der Waals surface area (Å²) in [6, 6.07) is 58.9. The summed E-state index contributed by atoms with van der Waals surface area (Å²) in [5.74, 6) is 0. The second kappa shape index (κ2) is 12.2. The molecule has 1 unspecified atom stereocenters. The van der Waals surface area contributed by atoms with E-state index in [9.17, 15) is 0 Å². The predicted molar refractivity (Wildman–Crippen MR) is 190 cm³/mol. The Morgan fingerprint density at radius 2 is 1.11 bits per heavy atom. The molecule has 6 aromatic carbocycles. The maximum Gasteiger partial charge on any atom is 0.172 e. The third kappa shape index (κ3) is 4.84. The van der Waals surface area contributed by atoms with Crippen molar-refractivity contribution in [2.75, 3.05) is 6.54 Å². The highest BCUT2D eigenvalue weighted by Gasteiger charge is 2.46. The predicted octanol–water partition coefficient (Wildman–Crippen LogP) is 6.38. The van der Waals surface area contributed by atoms with Gasteiger partial charge in [0.05, 0.1) is 11.0 Å². The number of hydrogen-bond donors (Lipinski definition) is 2. The molecule has 1 heterocycles. The minimum atomic E-state index is -2.76. The third-order valence-electron chi connectivity index (χ3n) is 8.73. The zero-order valence-corrected chi connectivity index (χ0v) is 25.6. The molecule has 0 radical (unpaired) electrons. The first-order chi connectivity index (χ1) is 21.8. The Balaban J connectivity index is 1.49. The maximum atomic E-state index is 6.77. The van der Waals surface area contributed by atoms with Crippen LogP contribution >= 0.6 is 0 Å². The van der Waals surface area contributed by atoms with E-state index in [1.54, 1.807) is 0 Å². The molecular formula is C40H35N3Si. The minimum Gasteiger partial charge on any atom is -0.388 e. The Kier molecular flexibility index (Phi) is 7.68. The lowest BCUT2D eigenvalue weighted by Gasteiger charge is -2.40. The van der Waals surface area contributed by atoms with Crippen LogP contribution in [0.3, 0.4) is 0 Å². The van der Waals surface area contributed by atoms with E-state index in [1.165, 1.54) is 37.4 Å². The number of aromatic nitrogens is 1. The van der Waals surface area contributed by atoms with Crippen molar-refractivity contribution in [3.8, 4) is 5.69 Å². The molecule has 0 saturated heterocycles. The van der Waals surface area contributed by atoms with Gasteiger partial charge in [0.15, 0.2) is 8.07 Å². The summed E-state index contributed by atoms with van der Waals surface area (Å²) in [4.78, 5) is 0. The van der Waals surface area contributed by atoms with Gasteiger partial charge in [-0.3, -0.25) is 0 Å². The largest absolute Gasteiger partial charge is 0.388 e. The van der Waals surface area contributed by atoms with E-state index < -0.39 is 8.07 Å². The van der Waals surface area contributed by atoms with Crippen LogP contribution in [-0.2, 0) is 0 Å². The summed E-state index contributed by atoms with van der Waals surface area (Å²) < 4.78 is 2.38. The zero-order chi connectivity index (χ0) is 29.8. The molecule has 0 spiro atoms. The van der Waals surface area contributed by atoms with Crippen molar-refractivity contribution < 1.29 is 0 Å². The number of benzene rings is 6. The van der Waals surface area contributed by atoms with E-state index >= 15 is 0 Å². The summed E-state index contributed by atoms with van der Waals surface area (Å²) in [6.07, 6.45) is 4.22.